The molecule has 21 heavy (non-hydrogen) atoms. The normalized spacial score (nSPS) is 10.3. The molecule has 0 radical (unpaired) electrons. The molecule has 0 aromatic heterocycles. The summed E-state index contributed by atoms with van der Waals surface area (Å²) in [5, 5.41) is 0. The zero-order valence-corrected chi connectivity index (χ0v) is 15.6. The molecule has 0 aliphatic heterocycles. The zero-order chi connectivity index (χ0) is 15.8. The highest BCUT2D eigenvalue weighted by atomic mass is 127. The van der Waals surface area contributed by atoms with Gasteiger partial charge in [0.05, 0.1) is 18.8 Å². The lowest BCUT2D eigenvalue weighted by atomic mass is 10.2. The van der Waals surface area contributed by atoms with Gasteiger partial charge in [0.25, 0.3) is 5.91 Å². The second kappa shape index (κ2) is 9.37. The van der Waals surface area contributed by atoms with Crippen molar-refractivity contribution in [2.24, 2.45) is 0 Å². The molecule has 1 amide bonds. The van der Waals surface area contributed by atoms with Crippen molar-refractivity contribution in [1.29, 1.82) is 0 Å². The fraction of sp³-hybridized carbons (Fsp3) is 0.429. The van der Waals surface area contributed by atoms with Crippen LogP contribution in [0.15, 0.2) is 22.7 Å². The molecule has 0 aliphatic rings. The summed E-state index contributed by atoms with van der Waals surface area (Å²) in [5.74, 6) is -0.641. The predicted octanol–water partition coefficient (Wildman–Crippen LogP) is 2.71. The molecule has 1 rings (SSSR count). The Morgan fingerprint density at radius 1 is 1.38 bits per heavy atom. The summed E-state index contributed by atoms with van der Waals surface area (Å²) in [4.78, 5) is 25.7. The predicted molar refractivity (Wildman–Crippen MR) is 91.3 cm³/mol. The van der Waals surface area contributed by atoms with E-state index in [4.69, 9.17) is 9.47 Å². The molecule has 0 N–H and O–H groups in total. The van der Waals surface area contributed by atoms with Crippen LogP contribution < -0.4 is 0 Å². The summed E-state index contributed by atoms with van der Waals surface area (Å²) in [5.41, 5.74) is 0.547. The lowest BCUT2D eigenvalue weighted by Gasteiger charge is -2.22. The number of benzene rings is 1. The highest BCUT2D eigenvalue weighted by molar-refractivity contribution is 14.1. The average molecular weight is 470 g/mol. The van der Waals surface area contributed by atoms with Gasteiger partial charge in [0.1, 0.15) is 6.54 Å². The first kappa shape index (κ1) is 18.4. The Morgan fingerprint density at radius 3 is 2.71 bits per heavy atom. The molecule has 0 bridgehead atoms. The van der Waals surface area contributed by atoms with Crippen LogP contribution in [-0.2, 0) is 14.3 Å². The van der Waals surface area contributed by atoms with Crippen LogP contribution in [0.3, 0.4) is 0 Å². The first-order valence-corrected chi connectivity index (χ1v) is 8.25. The van der Waals surface area contributed by atoms with Crippen LogP contribution in [0.5, 0.6) is 0 Å². The Kier molecular flexibility index (Phi) is 8.20. The van der Waals surface area contributed by atoms with Gasteiger partial charge in [-0.3, -0.25) is 9.59 Å². The minimum atomic E-state index is -0.424. The summed E-state index contributed by atoms with van der Waals surface area (Å²) in [7, 11) is 1.55. The van der Waals surface area contributed by atoms with Crippen molar-refractivity contribution in [1.82, 2.24) is 4.90 Å². The maximum absolute atomic E-state index is 12.6. The molecule has 0 unspecified atom stereocenters. The van der Waals surface area contributed by atoms with Crippen molar-refractivity contribution >= 4 is 50.4 Å². The van der Waals surface area contributed by atoms with Gasteiger partial charge >= 0.3 is 5.97 Å². The number of carbonyl (C=O) groups is 2. The van der Waals surface area contributed by atoms with Gasteiger partial charge in [0, 0.05) is 21.7 Å². The molecule has 7 heteroatoms. The van der Waals surface area contributed by atoms with Crippen LogP contribution in [0.2, 0.25) is 0 Å². The summed E-state index contributed by atoms with van der Waals surface area (Å²) in [6.45, 7) is 2.63. The van der Waals surface area contributed by atoms with Crippen molar-refractivity contribution in [3.63, 3.8) is 0 Å². The Hall–Kier alpha value is -0.670. The molecule has 0 saturated carbocycles. The number of nitrogens with zero attached hydrogens (tertiary/aromatic N) is 1. The van der Waals surface area contributed by atoms with Crippen molar-refractivity contribution in [3.05, 3.63) is 31.8 Å². The minimum absolute atomic E-state index is 0.0847. The van der Waals surface area contributed by atoms with E-state index in [1.54, 1.807) is 20.1 Å². The molecule has 0 aliphatic carbocycles. The summed E-state index contributed by atoms with van der Waals surface area (Å²) in [6, 6.07) is 5.45. The summed E-state index contributed by atoms with van der Waals surface area (Å²) >= 11 is 5.45. The van der Waals surface area contributed by atoms with E-state index in [1.165, 1.54) is 4.90 Å². The van der Waals surface area contributed by atoms with Gasteiger partial charge in [0.2, 0.25) is 0 Å². The van der Waals surface area contributed by atoms with Crippen molar-refractivity contribution in [2.75, 3.05) is 33.4 Å². The Morgan fingerprint density at radius 2 is 2.10 bits per heavy atom. The van der Waals surface area contributed by atoms with E-state index in [-0.39, 0.29) is 12.5 Å². The summed E-state index contributed by atoms with van der Waals surface area (Å²) < 4.78 is 11.5. The molecule has 5 nitrogen and oxygen atoms in total. The van der Waals surface area contributed by atoms with Gasteiger partial charge in [-0.2, -0.15) is 0 Å². The lowest BCUT2D eigenvalue weighted by Crippen LogP contribution is -2.39. The van der Waals surface area contributed by atoms with Gasteiger partial charge in [-0.1, -0.05) is 15.9 Å². The third kappa shape index (κ3) is 5.91. The topological polar surface area (TPSA) is 55.8 Å². The number of esters is 1. The minimum Gasteiger partial charge on any atom is -0.465 e. The molecule has 0 saturated heterocycles. The van der Waals surface area contributed by atoms with E-state index in [0.29, 0.717) is 25.3 Å². The second-order valence-corrected chi connectivity index (χ2v) is 6.23. The number of methoxy groups -OCH3 is 1. The van der Waals surface area contributed by atoms with Gasteiger partial charge < -0.3 is 14.4 Å². The average Bonchev–Trinajstić information content (AvgIpc) is 2.45. The van der Waals surface area contributed by atoms with E-state index in [2.05, 4.69) is 38.5 Å². The van der Waals surface area contributed by atoms with Crippen LogP contribution in [-0.4, -0.2) is 50.2 Å². The third-order valence-electron chi connectivity index (χ3n) is 2.64. The SMILES string of the molecule is CCOC(=O)CN(CCOC)C(=O)c1cc(Br)ccc1I. The number of hydrogen-bond donors (Lipinski definition) is 0. The molecule has 0 spiro atoms. The monoisotopic (exact) mass is 469 g/mol. The van der Waals surface area contributed by atoms with Crippen molar-refractivity contribution in [3.8, 4) is 0 Å². The largest absolute Gasteiger partial charge is 0.465 e. The molecular formula is C14H17BrINO4. The first-order valence-electron chi connectivity index (χ1n) is 6.38. The van der Waals surface area contributed by atoms with E-state index < -0.39 is 5.97 Å². The molecule has 1 aromatic carbocycles. The molecule has 0 fully saturated rings. The van der Waals surface area contributed by atoms with E-state index in [1.807, 2.05) is 12.1 Å². The van der Waals surface area contributed by atoms with Gasteiger partial charge in [-0.25, -0.2) is 0 Å². The number of carbonyl (C=O) groups excluding carboxylic acids is 2. The Balaban J connectivity index is 2.92. The molecule has 0 heterocycles. The van der Waals surface area contributed by atoms with Crippen LogP contribution in [0.4, 0.5) is 0 Å². The quantitative estimate of drug-likeness (QED) is 0.455. The van der Waals surface area contributed by atoms with Crippen LogP contribution in [0, 0.1) is 3.57 Å². The van der Waals surface area contributed by atoms with Crippen molar-refractivity contribution < 1.29 is 19.1 Å². The Labute approximate surface area is 146 Å². The molecule has 1 aromatic rings. The maximum atomic E-state index is 12.6. The first-order chi connectivity index (χ1) is 9.99. The third-order valence-corrected chi connectivity index (χ3v) is 4.07. The molecule has 0 atom stereocenters. The number of ether oxygens (including phenoxy) is 2. The van der Waals surface area contributed by atoms with Crippen molar-refractivity contribution in [2.45, 2.75) is 6.92 Å². The maximum Gasteiger partial charge on any atom is 0.325 e. The van der Waals surface area contributed by atoms with Crippen LogP contribution in [0.25, 0.3) is 0 Å². The second-order valence-electron chi connectivity index (χ2n) is 4.15. The molecular weight excluding hydrogens is 453 g/mol. The van der Waals surface area contributed by atoms with Crippen LogP contribution >= 0.6 is 38.5 Å². The lowest BCUT2D eigenvalue weighted by molar-refractivity contribution is -0.143. The summed E-state index contributed by atoms with van der Waals surface area (Å²) in [6.07, 6.45) is 0. The smallest absolute Gasteiger partial charge is 0.325 e. The van der Waals surface area contributed by atoms with Gasteiger partial charge in [-0.05, 0) is 47.7 Å². The van der Waals surface area contributed by atoms with E-state index in [0.717, 1.165) is 8.04 Å². The van der Waals surface area contributed by atoms with Gasteiger partial charge in [0.15, 0.2) is 0 Å². The zero-order valence-electron chi connectivity index (χ0n) is 11.9. The number of hydrogen-bond acceptors (Lipinski definition) is 4. The number of amides is 1. The Bertz CT molecular complexity index is 510. The van der Waals surface area contributed by atoms with Gasteiger partial charge in [-0.15, -0.1) is 0 Å². The highest BCUT2D eigenvalue weighted by Crippen LogP contribution is 2.20. The van der Waals surface area contributed by atoms with E-state index in [9.17, 15) is 9.59 Å². The fourth-order valence-electron chi connectivity index (χ4n) is 1.65. The fourth-order valence-corrected chi connectivity index (χ4v) is 2.58. The number of halogens is 2. The molecule has 116 valence electrons. The highest BCUT2D eigenvalue weighted by Gasteiger charge is 2.21. The van der Waals surface area contributed by atoms with E-state index >= 15 is 0 Å². The van der Waals surface area contributed by atoms with Crippen LogP contribution in [0.1, 0.15) is 17.3 Å². The standard InChI is InChI=1S/C14H17BrINO4/c1-3-21-13(18)9-17(6-7-20-2)14(19)11-8-10(15)4-5-12(11)16/h4-5,8H,3,6-7,9H2,1-2H3. The number of rotatable bonds is 7.